The van der Waals surface area contributed by atoms with Gasteiger partial charge >= 0.3 is 0 Å². The predicted octanol–water partition coefficient (Wildman–Crippen LogP) is 1.90. The van der Waals surface area contributed by atoms with E-state index in [2.05, 4.69) is 15.6 Å². The van der Waals surface area contributed by atoms with Crippen molar-refractivity contribution in [2.45, 2.75) is 0 Å². The van der Waals surface area contributed by atoms with Gasteiger partial charge in [-0.2, -0.15) is 20.7 Å². The molecule has 2 rings (SSSR count). The van der Waals surface area contributed by atoms with Crippen LogP contribution in [0.4, 0.5) is 5.69 Å². The molecule has 1 aromatic heterocycles. The summed E-state index contributed by atoms with van der Waals surface area (Å²) in [5, 5.41) is 25.3. The number of hydrazone groups is 1. The third kappa shape index (κ3) is 2.76. The lowest BCUT2D eigenvalue weighted by molar-refractivity contribution is 0.771. The van der Waals surface area contributed by atoms with Gasteiger partial charge in [-0.3, -0.25) is 10.1 Å². The highest BCUT2D eigenvalue weighted by molar-refractivity contribution is 6.10. The lowest BCUT2D eigenvalue weighted by Gasteiger charge is -2.05. The summed E-state index contributed by atoms with van der Waals surface area (Å²) in [6, 6.07) is 12.7. The number of para-hydroxylation sites is 1. The van der Waals surface area contributed by atoms with Crippen molar-refractivity contribution >= 4 is 11.4 Å². The molecule has 0 aliphatic carbocycles. The first-order valence-corrected chi connectivity index (χ1v) is 5.47. The van der Waals surface area contributed by atoms with Crippen molar-refractivity contribution in [3.8, 4) is 23.4 Å². The van der Waals surface area contributed by atoms with Gasteiger partial charge in [0.25, 0.3) is 0 Å². The van der Waals surface area contributed by atoms with Gasteiger partial charge in [-0.25, -0.2) is 0 Å². The Bertz CT molecular complexity index is 682. The highest BCUT2D eigenvalue weighted by Gasteiger charge is 2.06. The Kier molecular flexibility index (Phi) is 3.56. The zero-order valence-corrected chi connectivity index (χ0v) is 10.2. The van der Waals surface area contributed by atoms with Crippen molar-refractivity contribution in [3.05, 3.63) is 36.5 Å². The zero-order chi connectivity index (χ0) is 13.7. The second-order valence-corrected chi connectivity index (χ2v) is 3.72. The second kappa shape index (κ2) is 5.48. The minimum Gasteiger partial charge on any atom is -0.276 e. The maximum atomic E-state index is 8.63. The van der Waals surface area contributed by atoms with Crippen molar-refractivity contribution in [1.82, 2.24) is 9.78 Å². The largest absolute Gasteiger partial charge is 0.276 e. The van der Waals surface area contributed by atoms with Crippen LogP contribution in [-0.4, -0.2) is 15.5 Å². The molecule has 0 saturated carbocycles. The van der Waals surface area contributed by atoms with Gasteiger partial charge in [-0.15, -0.1) is 0 Å². The lowest BCUT2D eigenvalue weighted by Crippen LogP contribution is -1.98. The molecule has 1 N–H and O–H groups in total. The fraction of sp³-hybridized carbons (Fsp3) is 0.0769. The Morgan fingerprint density at radius 3 is 2.63 bits per heavy atom. The van der Waals surface area contributed by atoms with Gasteiger partial charge in [0.1, 0.15) is 12.1 Å². The molecule has 0 spiro atoms. The number of benzene rings is 1. The topological polar surface area (TPSA) is 89.8 Å². The molecule has 0 aliphatic heterocycles. The molecule has 0 radical (unpaired) electrons. The molecular weight excluding hydrogens is 240 g/mol. The molecule has 2 aromatic rings. The van der Waals surface area contributed by atoms with Crippen LogP contribution in [0, 0.1) is 22.7 Å². The summed E-state index contributed by atoms with van der Waals surface area (Å²) in [6.07, 6.45) is 1.84. The summed E-state index contributed by atoms with van der Waals surface area (Å²) in [7, 11) is 1.83. The summed E-state index contributed by atoms with van der Waals surface area (Å²) in [5.41, 5.74) is 4.81. The maximum absolute atomic E-state index is 8.63. The molecule has 19 heavy (non-hydrogen) atoms. The molecule has 1 aromatic carbocycles. The summed E-state index contributed by atoms with van der Waals surface area (Å²) in [5.74, 6) is 0. The molecule has 1 heterocycles. The van der Waals surface area contributed by atoms with Gasteiger partial charge in [0.15, 0.2) is 0 Å². The number of aromatic nitrogens is 2. The fourth-order valence-corrected chi connectivity index (χ4v) is 1.55. The van der Waals surface area contributed by atoms with Crippen LogP contribution >= 0.6 is 0 Å². The molecule has 0 saturated heterocycles. The number of rotatable bonds is 3. The molecule has 0 bridgehead atoms. The first kappa shape index (κ1) is 12.3. The monoisotopic (exact) mass is 250 g/mol. The van der Waals surface area contributed by atoms with Crippen LogP contribution in [-0.2, 0) is 7.05 Å². The van der Waals surface area contributed by atoms with E-state index in [1.807, 2.05) is 37.5 Å². The third-order valence-corrected chi connectivity index (χ3v) is 2.42. The van der Waals surface area contributed by atoms with E-state index in [9.17, 15) is 0 Å². The van der Waals surface area contributed by atoms with Crippen molar-refractivity contribution in [2.24, 2.45) is 12.1 Å². The Hall–Kier alpha value is -3.12. The van der Waals surface area contributed by atoms with E-state index in [0.29, 0.717) is 5.69 Å². The van der Waals surface area contributed by atoms with Crippen LogP contribution in [0.3, 0.4) is 0 Å². The molecule has 0 unspecified atom stereocenters. The maximum Gasteiger partial charge on any atom is 0.237 e. The number of nitrogens with one attached hydrogen (secondary N) is 1. The van der Waals surface area contributed by atoms with Crippen LogP contribution < -0.4 is 5.43 Å². The van der Waals surface area contributed by atoms with Crippen LogP contribution in [0.15, 0.2) is 41.6 Å². The highest BCUT2D eigenvalue weighted by atomic mass is 15.3. The van der Waals surface area contributed by atoms with E-state index >= 15 is 0 Å². The zero-order valence-electron chi connectivity index (χ0n) is 10.2. The van der Waals surface area contributed by atoms with Crippen molar-refractivity contribution < 1.29 is 0 Å². The average molecular weight is 250 g/mol. The SMILES string of the molecule is Cn1ccc(-c2ccccc2NN=C(C#N)C#N)n1. The van der Waals surface area contributed by atoms with Crippen molar-refractivity contribution in [3.63, 3.8) is 0 Å². The molecule has 6 nitrogen and oxygen atoms in total. The molecule has 92 valence electrons. The van der Waals surface area contributed by atoms with Crippen LogP contribution in [0.2, 0.25) is 0 Å². The van der Waals surface area contributed by atoms with Crippen LogP contribution in [0.1, 0.15) is 0 Å². The summed E-state index contributed by atoms with van der Waals surface area (Å²) >= 11 is 0. The van der Waals surface area contributed by atoms with E-state index in [1.54, 1.807) is 22.9 Å². The van der Waals surface area contributed by atoms with E-state index < -0.39 is 0 Å². The Morgan fingerprint density at radius 2 is 2.00 bits per heavy atom. The number of hydrogen-bond donors (Lipinski definition) is 1. The van der Waals surface area contributed by atoms with Crippen LogP contribution in [0.5, 0.6) is 0 Å². The fourth-order valence-electron chi connectivity index (χ4n) is 1.55. The van der Waals surface area contributed by atoms with Gasteiger partial charge < -0.3 is 0 Å². The van der Waals surface area contributed by atoms with E-state index in [0.717, 1.165) is 11.3 Å². The van der Waals surface area contributed by atoms with Gasteiger partial charge in [-0.05, 0) is 12.1 Å². The van der Waals surface area contributed by atoms with E-state index in [4.69, 9.17) is 10.5 Å². The van der Waals surface area contributed by atoms with Gasteiger partial charge in [-0.1, -0.05) is 18.2 Å². The third-order valence-electron chi connectivity index (χ3n) is 2.42. The second-order valence-electron chi connectivity index (χ2n) is 3.72. The molecule has 0 fully saturated rings. The number of nitriles is 2. The minimum absolute atomic E-state index is 0.226. The van der Waals surface area contributed by atoms with E-state index in [1.165, 1.54) is 0 Å². The first-order chi connectivity index (χ1) is 9.24. The standard InChI is InChI=1S/C13H10N6/c1-19-7-6-13(18-19)11-4-2-3-5-12(11)17-16-10(8-14)9-15/h2-7,17H,1H3. The molecule has 0 atom stereocenters. The van der Waals surface area contributed by atoms with Gasteiger partial charge in [0.2, 0.25) is 5.71 Å². The number of anilines is 1. The lowest BCUT2D eigenvalue weighted by atomic mass is 10.1. The Morgan fingerprint density at radius 1 is 1.26 bits per heavy atom. The summed E-state index contributed by atoms with van der Waals surface area (Å²) in [4.78, 5) is 0. The summed E-state index contributed by atoms with van der Waals surface area (Å²) < 4.78 is 1.70. The molecule has 0 amide bonds. The Labute approximate surface area is 110 Å². The smallest absolute Gasteiger partial charge is 0.237 e. The normalized spacial score (nSPS) is 9.21. The minimum atomic E-state index is -0.226. The molecule has 6 heteroatoms. The predicted molar refractivity (Wildman–Crippen MR) is 70.9 cm³/mol. The number of nitrogens with zero attached hydrogens (tertiary/aromatic N) is 5. The van der Waals surface area contributed by atoms with Crippen molar-refractivity contribution in [2.75, 3.05) is 5.43 Å². The van der Waals surface area contributed by atoms with Gasteiger partial charge in [0, 0.05) is 18.8 Å². The van der Waals surface area contributed by atoms with E-state index in [-0.39, 0.29) is 5.71 Å². The first-order valence-electron chi connectivity index (χ1n) is 5.47. The van der Waals surface area contributed by atoms with Crippen molar-refractivity contribution in [1.29, 1.82) is 10.5 Å². The van der Waals surface area contributed by atoms with Gasteiger partial charge in [0.05, 0.1) is 11.4 Å². The summed E-state index contributed by atoms with van der Waals surface area (Å²) in [6.45, 7) is 0. The average Bonchev–Trinajstić information content (AvgIpc) is 2.87. The van der Waals surface area contributed by atoms with Crippen LogP contribution in [0.25, 0.3) is 11.3 Å². The molecule has 0 aliphatic rings. The quantitative estimate of drug-likeness (QED) is 0.665. The molecular formula is C13H10N6. The Balaban J connectivity index is 2.36. The highest BCUT2D eigenvalue weighted by Crippen LogP contribution is 2.26. The number of aryl methyl sites for hydroxylation is 1. The number of hydrogen-bond acceptors (Lipinski definition) is 5.